The van der Waals surface area contributed by atoms with Crippen LogP contribution in [-0.4, -0.2) is 18.0 Å². The molecule has 0 atom stereocenters. The lowest BCUT2D eigenvalue weighted by Crippen LogP contribution is -2.09. The second kappa shape index (κ2) is 7.56. The zero-order valence-electron chi connectivity index (χ0n) is 11.1. The van der Waals surface area contributed by atoms with Gasteiger partial charge in [-0.25, -0.2) is 4.98 Å². The summed E-state index contributed by atoms with van der Waals surface area (Å²) >= 11 is 5.55. The summed E-state index contributed by atoms with van der Waals surface area (Å²) in [4.78, 5) is 16.0. The van der Waals surface area contributed by atoms with E-state index in [1.165, 1.54) is 6.08 Å². The summed E-state index contributed by atoms with van der Waals surface area (Å²) in [6, 6.07) is 9.23. The lowest BCUT2D eigenvalue weighted by atomic mass is 10.2. The van der Waals surface area contributed by atoms with Crippen LogP contribution in [0.4, 0.5) is 5.82 Å². The van der Waals surface area contributed by atoms with Gasteiger partial charge in [0.2, 0.25) is 5.91 Å². The zero-order valence-corrected chi connectivity index (χ0v) is 14.9. The van der Waals surface area contributed by atoms with Crippen molar-refractivity contribution in [2.45, 2.75) is 0 Å². The van der Waals surface area contributed by atoms with E-state index in [1.54, 1.807) is 25.4 Å². The minimum absolute atomic E-state index is 0.245. The molecule has 0 bridgehead atoms. The van der Waals surface area contributed by atoms with E-state index >= 15 is 0 Å². The average molecular weight is 459 g/mol. The predicted molar refractivity (Wildman–Crippen MR) is 95.3 cm³/mol. The van der Waals surface area contributed by atoms with Crippen molar-refractivity contribution in [1.82, 2.24) is 4.98 Å². The molecule has 0 unspecified atom stereocenters. The molecule has 0 fully saturated rings. The Morgan fingerprint density at radius 3 is 2.86 bits per heavy atom. The van der Waals surface area contributed by atoms with E-state index in [4.69, 9.17) is 4.74 Å². The number of pyridine rings is 1. The summed E-state index contributed by atoms with van der Waals surface area (Å²) in [5, 5.41) is 2.70. The molecule has 0 aliphatic carbocycles. The van der Waals surface area contributed by atoms with E-state index in [-0.39, 0.29) is 5.91 Å². The minimum atomic E-state index is -0.245. The first kappa shape index (κ1) is 16.0. The first-order valence-electron chi connectivity index (χ1n) is 6.02. The fourth-order valence-electron chi connectivity index (χ4n) is 1.62. The molecule has 2 aromatic rings. The van der Waals surface area contributed by atoms with Crippen molar-refractivity contribution in [1.29, 1.82) is 0 Å². The number of carbonyl (C=O) groups excluding carboxylic acids is 1. The molecule has 1 N–H and O–H groups in total. The fourth-order valence-corrected chi connectivity index (χ4v) is 2.32. The highest BCUT2D eigenvalue weighted by Crippen LogP contribution is 2.24. The number of rotatable bonds is 4. The van der Waals surface area contributed by atoms with Crippen molar-refractivity contribution in [3.05, 3.63) is 56.2 Å². The number of hydrogen-bond acceptors (Lipinski definition) is 3. The van der Waals surface area contributed by atoms with Crippen LogP contribution in [0.5, 0.6) is 5.75 Å². The number of nitrogens with zero attached hydrogens (tertiary/aromatic N) is 1. The maximum atomic E-state index is 11.9. The molecule has 6 heteroatoms. The first-order valence-corrected chi connectivity index (χ1v) is 7.90. The summed E-state index contributed by atoms with van der Waals surface area (Å²) in [7, 11) is 1.59. The van der Waals surface area contributed by atoms with Gasteiger partial charge in [-0.15, -0.1) is 0 Å². The molecule has 0 spiro atoms. The number of aromatic nitrogens is 1. The Hall–Kier alpha value is -1.41. The van der Waals surface area contributed by atoms with Crippen molar-refractivity contribution in [3.8, 4) is 5.75 Å². The highest BCUT2D eigenvalue weighted by molar-refractivity contribution is 14.1. The quantitative estimate of drug-likeness (QED) is 0.554. The van der Waals surface area contributed by atoms with Gasteiger partial charge in [0.25, 0.3) is 0 Å². The van der Waals surface area contributed by atoms with Crippen LogP contribution < -0.4 is 10.1 Å². The van der Waals surface area contributed by atoms with Crippen LogP contribution in [0.1, 0.15) is 5.56 Å². The van der Waals surface area contributed by atoms with Crippen molar-refractivity contribution in [2.24, 2.45) is 0 Å². The molecule has 0 radical (unpaired) electrons. The smallest absolute Gasteiger partial charge is 0.249 e. The van der Waals surface area contributed by atoms with Crippen molar-refractivity contribution in [2.75, 3.05) is 12.4 Å². The Bertz CT molecular complexity index is 672. The molecule has 4 nitrogen and oxygen atoms in total. The standard InChI is InChI=1S/C15H12BrIN2O2/c1-21-13-5-3-11(16)8-10(13)2-7-15(20)19-14-6-4-12(17)9-18-14/h2-9H,1H3,(H,18,19,20)/b7-2+. The van der Waals surface area contributed by atoms with Crippen LogP contribution in [0.3, 0.4) is 0 Å². The van der Waals surface area contributed by atoms with Gasteiger partial charge in [-0.05, 0) is 59.0 Å². The Kier molecular flexibility index (Phi) is 5.75. The number of ether oxygens (including phenoxy) is 1. The number of anilines is 1. The molecule has 1 heterocycles. The number of nitrogens with one attached hydrogen (secondary N) is 1. The molecule has 1 aromatic heterocycles. The highest BCUT2D eigenvalue weighted by Gasteiger charge is 2.02. The third-order valence-electron chi connectivity index (χ3n) is 2.58. The van der Waals surface area contributed by atoms with Gasteiger partial charge >= 0.3 is 0 Å². The predicted octanol–water partition coefficient (Wildman–Crippen LogP) is 4.11. The van der Waals surface area contributed by atoms with Crippen LogP contribution in [0.15, 0.2) is 47.1 Å². The number of methoxy groups -OCH3 is 1. The van der Waals surface area contributed by atoms with Crippen molar-refractivity contribution >= 4 is 56.3 Å². The molecule has 0 saturated heterocycles. The van der Waals surface area contributed by atoms with Gasteiger partial charge in [0, 0.05) is 25.9 Å². The summed E-state index contributed by atoms with van der Waals surface area (Å²) in [6.07, 6.45) is 4.84. The zero-order chi connectivity index (χ0) is 15.2. The normalized spacial score (nSPS) is 10.6. The van der Waals surface area contributed by atoms with Gasteiger partial charge in [0.15, 0.2) is 0 Å². The second-order valence-electron chi connectivity index (χ2n) is 4.07. The number of benzene rings is 1. The largest absolute Gasteiger partial charge is 0.496 e. The van der Waals surface area contributed by atoms with Crippen LogP contribution in [0.2, 0.25) is 0 Å². The third-order valence-corrected chi connectivity index (χ3v) is 3.72. The van der Waals surface area contributed by atoms with Crippen molar-refractivity contribution < 1.29 is 9.53 Å². The molecule has 1 aromatic carbocycles. The maximum absolute atomic E-state index is 11.9. The Labute approximate surface area is 144 Å². The Morgan fingerprint density at radius 1 is 1.38 bits per heavy atom. The van der Waals surface area contributed by atoms with Gasteiger partial charge < -0.3 is 10.1 Å². The Balaban J connectivity index is 2.08. The number of amides is 1. The van der Waals surface area contributed by atoms with Crippen LogP contribution >= 0.6 is 38.5 Å². The van der Waals surface area contributed by atoms with Crippen molar-refractivity contribution in [3.63, 3.8) is 0 Å². The van der Waals surface area contributed by atoms with Gasteiger partial charge in [-0.1, -0.05) is 15.9 Å². The molecular formula is C15H12BrIN2O2. The van der Waals surface area contributed by atoms with E-state index in [0.717, 1.165) is 13.6 Å². The van der Waals surface area contributed by atoms with E-state index in [2.05, 4.69) is 48.8 Å². The second-order valence-corrected chi connectivity index (χ2v) is 6.23. The average Bonchev–Trinajstić information content (AvgIpc) is 2.48. The Morgan fingerprint density at radius 2 is 2.19 bits per heavy atom. The van der Waals surface area contributed by atoms with E-state index in [1.807, 2.05) is 24.3 Å². The summed E-state index contributed by atoms with van der Waals surface area (Å²) < 4.78 is 7.18. The maximum Gasteiger partial charge on any atom is 0.249 e. The van der Waals surface area contributed by atoms with Gasteiger partial charge in [-0.3, -0.25) is 4.79 Å². The molecule has 108 valence electrons. The summed E-state index contributed by atoms with van der Waals surface area (Å²) in [6.45, 7) is 0. The molecule has 1 amide bonds. The molecular weight excluding hydrogens is 447 g/mol. The lowest BCUT2D eigenvalue weighted by molar-refractivity contribution is -0.111. The number of hydrogen-bond donors (Lipinski definition) is 1. The van der Waals surface area contributed by atoms with Crippen LogP contribution in [-0.2, 0) is 4.79 Å². The summed E-state index contributed by atoms with van der Waals surface area (Å²) in [5.41, 5.74) is 0.817. The molecule has 0 saturated carbocycles. The molecule has 2 rings (SSSR count). The number of halogens is 2. The lowest BCUT2D eigenvalue weighted by Gasteiger charge is -2.05. The van der Waals surface area contributed by atoms with E-state index in [9.17, 15) is 4.79 Å². The van der Waals surface area contributed by atoms with Gasteiger partial charge in [0.05, 0.1) is 7.11 Å². The minimum Gasteiger partial charge on any atom is -0.496 e. The fraction of sp³-hybridized carbons (Fsp3) is 0.0667. The topological polar surface area (TPSA) is 51.2 Å². The summed E-state index contributed by atoms with van der Waals surface area (Å²) in [5.74, 6) is 0.978. The SMILES string of the molecule is COc1ccc(Br)cc1/C=C/C(=O)Nc1ccc(I)cn1. The van der Waals surface area contributed by atoms with Gasteiger partial charge in [0.1, 0.15) is 11.6 Å². The van der Waals surface area contributed by atoms with Crippen LogP contribution in [0.25, 0.3) is 6.08 Å². The molecule has 0 aliphatic heterocycles. The van der Waals surface area contributed by atoms with Gasteiger partial charge in [-0.2, -0.15) is 0 Å². The highest BCUT2D eigenvalue weighted by atomic mass is 127. The number of carbonyl (C=O) groups is 1. The first-order chi connectivity index (χ1) is 10.1. The van der Waals surface area contributed by atoms with E-state index in [0.29, 0.717) is 11.6 Å². The third kappa shape index (κ3) is 4.82. The molecule has 0 aliphatic rings. The van der Waals surface area contributed by atoms with E-state index < -0.39 is 0 Å². The molecule has 21 heavy (non-hydrogen) atoms. The monoisotopic (exact) mass is 458 g/mol. The van der Waals surface area contributed by atoms with Crippen LogP contribution in [0, 0.1) is 3.57 Å².